The smallest absolute Gasteiger partial charge is 0.0245 e. The Morgan fingerprint density at radius 2 is 2.06 bits per heavy atom. The minimum absolute atomic E-state index is 0.463. The molecule has 0 aromatic heterocycles. The molecular weight excluding hydrogens is 196 g/mol. The van der Waals surface area contributed by atoms with Crippen LogP contribution in [0.5, 0.6) is 0 Å². The number of hydrogen-bond acceptors (Lipinski definition) is 2. The first-order valence-corrected chi connectivity index (χ1v) is 6.84. The van der Waals surface area contributed by atoms with Crippen molar-refractivity contribution < 1.29 is 0 Å². The van der Waals surface area contributed by atoms with Crippen LogP contribution < -0.4 is 5.32 Å². The molecule has 1 atom stereocenters. The number of nitrogens with zero attached hydrogens (tertiary/aromatic N) is 1. The van der Waals surface area contributed by atoms with Gasteiger partial charge in [-0.3, -0.25) is 0 Å². The summed E-state index contributed by atoms with van der Waals surface area (Å²) >= 11 is 0. The first-order chi connectivity index (χ1) is 7.42. The van der Waals surface area contributed by atoms with Crippen LogP contribution in [0.15, 0.2) is 0 Å². The van der Waals surface area contributed by atoms with E-state index < -0.39 is 0 Å². The second-order valence-corrected chi connectivity index (χ2v) is 6.54. The van der Waals surface area contributed by atoms with Gasteiger partial charge in [-0.2, -0.15) is 0 Å². The molecule has 1 heterocycles. The van der Waals surface area contributed by atoms with Crippen LogP contribution in [-0.4, -0.2) is 37.6 Å². The number of nitrogens with one attached hydrogen (secondary N) is 1. The quantitative estimate of drug-likeness (QED) is 0.775. The van der Waals surface area contributed by atoms with Crippen LogP contribution in [0.25, 0.3) is 0 Å². The highest BCUT2D eigenvalue weighted by Crippen LogP contribution is 2.30. The van der Waals surface area contributed by atoms with Gasteiger partial charge < -0.3 is 10.2 Å². The molecule has 96 valence electrons. The molecule has 0 aromatic carbocycles. The molecule has 0 aliphatic carbocycles. The summed E-state index contributed by atoms with van der Waals surface area (Å²) < 4.78 is 0. The van der Waals surface area contributed by atoms with Crippen LogP contribution >= 0.6 is 0 Å². The van der Waals surface area contributed by atoms with Crippen LogP contribution in [0.2, 0.25) is 0 Å². The molecule has 0 bridgehead atoms. The van der Waals surface area contributed by atoms with Gasteiger partial charge in [0.05, 0.1) is 0 Å². The van der Waals surface area contributed by atoms with Crippen molar-refractivity contribution in [1.29, 1.82) is 0 Å². The zero-order valence-electron chi connectivity index (χ0n) is 11.8. The summed E-state index contributed by atoms with van der Waals surface area (Å²) in [5.41, 5.74) is 0.463. The van der Waals surface area contributed by atoms with Crippen molar-refractivity contribution in [3.63, 3.8) is 0 Å². The van der Waals surface area contributed by atoms with E-state index >= 15 is 0 Å². The summed E-state index contributed by atoms with van der Waals surface area (Å²) in [6, 6.07) is 0.665. The number of likely N-dealkylation sites (N-methyl/N-ethyl adjacent to an activating group) is 1. The SMILES string of the molecule is CC(C)CCN(C)CC1NCCCC1(C)C. The van der Waals surface area contributed by atoms with E-state index in [2.05, 4.69) is 45.0 Å². The third kappa shape index (κ3) is 4.42. The molecule has 1 fully saturated rings. The highest BCUT2D eigenvalue weighted by Gasteiger charge is 2.32. The van der Waals surface area contributed by atoms with Gasteiger partial charge in [-0.15, -0.1) is 0 Å². The normalized spacial score (nSPS) is 25.3. The van der Waals surface area contributed by atoms with E-state index in [4.69, 9.17) is 0 Å². The molecule has 0 aromatic rings. The Balaban J connectivity index is 2.34. The van der Waals surface area contributed by atoms with Crippen molar-refractivity contribution in [1.82, 2.24) is 10.2 Å². The topological polar surface area (TPSA) is 15.3 Å². The highest BCUT2D eigenvalue weighted by atomic mass is 15.1. The zero-order valence-corrected chi connectivity index (χ0v) is 11.8. The maximum Gasteiger partial charge on any atom is 0.0245 e. The van der Waals surface area contributed by atoms with Gasteiger partial charge in [0.1, 0.15) is 0 Å². The molecule has 1 aliphatic heterocycles. The van der Waals surface area contributed by atoms with Crippen molar-refractivity contribution in [2.75, 3.05) is 26.7 Å². The molecule has 0 amide bonds. The van der Waals surface area contributed by atoms with Crippen LogP contribution in [0.1, 0.15) is 47.0 Å². The third-order valence-electron chi connectivity index (χ3n) is 3.91. The number of piperidine rings is 1. The van der Waals surface area contributed by atoms with E-state index in [1.165, 1.54) is 38.9 Å². The van der Waals surface area contributed by atoms with E-state index in [0.717, 1.165) is 5.92 Å². The lowest BCUT2D eigenvalue weighted by molar-refractivity contribution is 0.136. The van der Waals surface area contributed by atoms with E-state index in [9.17, 15) is 0 Å². The van der Waals surface area contributed by atoms with E-state index in [-0.39, 0.29) is 0 Å². The molecule has 1 saturated heterocycles. The number of rotatable bonds is 5. The predicted octanol–water partition coefficient (Wildman–Crippen LogP) is 2.74. The summed E-state index contributed by atoms with van der Waals surface area (Å²) in [5, 5.41) is 3.69. The van der Waals surface area contributed by atoms with Crippen molar-refractivity contribution in [2.45, 2.75) is 53.0 Å². The Morgan fingerprint density at radius 1 is 1.38 bits per heavy atom. The van der Waals surface area contributed by atoms with Crippen LogP contribution in [0, 0.1) is 11.3 Å². The minimum atomic E-state index is 0.463. The maximum atomic E-state index is 3.69. The molecule has 1 unspecified atom stereocenters. The Bertz CT molecular complexity index is 199. The largest absolute Gasteiger partial charge is 0.312 e. The molecule has 1 rings (SSSR count). The fourth-order valence-electron chi connectivity index (χ4n) is 2.46. The van der Waals surface area contributed by atoms with Gasteiger partial charge >= 0.3 is 0 Å². The summed E-state index contributed by atoms with van der Waals surface area (Å²) in [6.07, 6.45) is 4.01. The Hall–Kier alpha value is -0.0800. The monoisotopic (exact) mass is 226 g/mol. The fourth-order valence-corrected chi connectivity index (χ4v) is 2.46. The van der Waals surface area contributed by atoms with Crippen LogP contribution in [0.3, 0.4) is 0 Å². The Labute approximate surface area is 102 Å². The lowest BCUT2D eigenvalue weighted by Gasteiger charge is -2.41. The van der Waals surface area contributed by atoms with Gasteiger partial charge in [-0.1, -0.05) is 27.7 Å². The molecule has 2 nitrogen and oxygen atoms in total. The van der Waals surface area contributed by atoms with Gasteiger partial charge in [0, 0.05) is 12.6 Å². The van der Waals surface area contributed by atoms with Gasteiger partial charge in [-0.25, -0.2) is 0 Å². The summed E-state index contributed by atoms with van der Waals surface area (Å²) in [7, 11) is 2.26. The Morgan fingerprint density at radius 3 is 2.62 bits per heavy atom. The van der Waals surface area contributed by atoms with E-state index in [1.54, 1.807) is 0 Å². The first kappa shape index (κ1) is 14.0. The molecule has 16 heavy (non-hydrogen) atoms. The number of hydrogen-bond donors (Lipinski definition) is 1. The lowest BCUT2D eigenvalue weighted by Crippen LogP contribution is -2.52. The second kappa shape index (κ2) is 6.02. The van der Waals surface area contributed by atoms with Gasteiger partial charge in [0.2, 0.25) is 0 Å². The predicted molar refractivity (Wildman–Crippen MR) is 71.8 cm³/mol. The molecule has 0 radical (unpaired) electrons. The van der Waals surface area contributed by atoms with Gasteiger partial charge in [-0.05, 0) is 50.7 Å². The summed E-state index contributed by atoms with van der Waals surface area (Å²) in [4.78, 5) is 2.49. The van der Waals surface area contributed by atoms with Gasteiger partial charge in [0.15, 0.2) is 0 Å². The molecular formula is C14H30N2. The summed E-state index contributed by atoms with van der Waals surface area (Å²) in [5.74, 6) is 0.815. The standard InChI is InChI=1S/C14H30N2/c1-12(2)7-10-16(5)11-13-14(3,4)8-6-9-15-13/h12-13,15H,6-11H2,1-5H3. The van der Waals surface area contributed by atoms with E-state index in [0.29, 0.717) is 11.5 Å². The summed E-state index contributed by atoms with van der Waals surface area (Å²) in [6.45, 7) is 13.0. The minimum Gasteiger partial charge on any atom is -0.312 e. The van der Waals surface area contributed by atoms with Crippen LogP contribution in [0.4, 0.5) is 0 Å². The van der Waals surface area contributed by atoms with Crippen molar-refractivity contribution in [3.8, 4) is 0 Å². The third-order valence-corrected chi connectivity index (χ3v) is 3.91. The average molecular weight is 226 g/mol. The lowest BCUT2D eigenvalue weighted by atomic mass is 9.77. The van der Waals surface area contributed by atoms with Crippen molar-refractivity contribution in [2.24, 2.45) is 11.3 Å². The van der Waals surface area contributed by atoms with Gasteiger partial charge in [0.25, 0.3) is 0 Å². The molecule has 1 N–H and O–H groups in total. The average Bonchev–Trinajstić information content (AvgIpc) is 2.18. The zero-order chi connectivity index (χ0) is 12.2. The van der Waals surface area contributed by atoms with Crippen LogP contribution in [-0.2, 0) is 0 Å². The molecule has 0 spiro atoms. The highest BCUT2D eigenvalue weighted by molar-refractivity contribution is 4.89. The molecule has 2 heteroatoms. The molecule has 0 saturated carbocycles. The fraction of sp³-hybridized carbons (Fsp3) is 1.00. The van der Waals surface area contributed by atoms with Crippen molar-refractivity contribution in [3.05, 3.63) is 0 Å². The Kier molecular flexibility index (Phi) is 5.26. The second-order valence-electron chi connectivity index (χ2n) is 6.54. The maximum absolute atomic E-state index is 3.69. The molecule has 1 aliphatic rings. The first-order valence-electron chi connectivity index (χ1n) is 6.84. The van der Waals surface area contributed by atoms with Crippen molar-refractivity contribution >= 4 is 0 Å². The van der Waals surface area contributed by atoms with E-state index in [1.807, 2.05) is 0 Å².